The molecule has 0 bridgehead atoms. The number of amides is 1. The van der Waals surface area contributed by atoms with Gasteiger partial charge in [0, 0.05) is 37.1 Å². The van der Waals surface area contributed by atoms with E-state index in [0.717, 1.165) is 48.4 Å². The van der Waals surface area contributed by atoms with Crippen LogP contribution in [0.1, 0.15) is 16.8 Å². The minimum atomic E-state index is -0.720. The number of ether oxygens (including phenoxy) is 1. The number of anilines is 1. The minimum absolute atomic E-state index is 0.0885. The molecule has 0 unspecified atom stereocenters. The van der Waals surface area contributed by atoms with Crippen LogP contribution in [0.5, 0.6) is 0 Å². The lowest BCUT2D eigenvalue weighted by atomic mass is 10.2. The van der Waals surface area contributed by atoms with Gasteiger partial charge in [-0.3, -0.25) is 14.6 Å². The number of carbonyl (C=O) groups is 1. The number of hydrogen-bond donors (Lipinski definition) is 0. The van der Waals surface area contributed by atoms with Crippen molar-refractivity contribution < 1.29 is 18.3 Å². The molecule has 1 aliphatic rings. The maximum Gasteiger partial charge on any atom is 0.261 e. The molecule has 164 valence electrons. The average Bonchev–Trinajstić information content (AvgIpc) is 3.21. The van der Waals surface area contributed by atoms with E-state index in [4.69, 9.17) is 4.74 Å². The Morgan fingerprint density at radius 2 is 2.03 bits per heavy atom. The van der Waals surface area contributed by atoms with E-state index in [-0.39, 0.29) is 11.4 Å². The molecule has 1 saturated heterocycles. The molecule has 1 amide bonds. The fourth-order valence-electron chi connectivity index (χ4n) is 3.59. The molecule has 2 aromatic carbocycles. The van der Waals surface area contributed by atoms with E-state index >= 15 is 0 Å². The van der Waals surface area contributed by atoms with Crippen LogP contribution in [0.15, 0.2) is 41.3 Å². The summed E-state index contributed by atoms with van der Waals surface area (Å²) in [5, 5.41) is 0.377. The number of halogens is 2. The van der Waals surface area contributed by atoms with Crippen molar-refractivity contribution >= 4 is 44.4 Å². The lowest BCUT2D eigenvalue weighted by molar-refractivity contribution is 0.0376. The maximum atomic E-state index is 14.2. The number of nitrogens with zero attached hydrogens (tertiary/aromatic N) is 3. The molecule has 0 atom stereocenters. The van der Waals surface area contributed by atoms with E-state index in [1.807, 2.05) is 24.5 Å². The summed E-state index contributed by atoms with van der Waals surface area (Å²) in [5.41, 5.74) is 0.665. The Balaban J connectivity index is 1.63. The van der Waals surface area contributed by atoms with Crippen molar-refractivity contribution in [3.05, 3.63) is 53.6 Å². The highest BCUT2D eigenvalue weighted by Crippen LogP contribution is 2.33. The van der Waals surface area contributed by atoms with Crippen LogP contribution in [0.2, 0.25) is 0 Å². The van der Waals surface area contributed by atoms with Crippen LogP contribution in [-0.4, -0.2) is 61.4 Å². The van der Waals surface area contributed by atoms with E-state index in [9.17, 15) is 13.6 Å². The molecule has 1 aliphatic heterocycles. The van der Waals surface area contributed by atoms with Gasteiger partial charge in [-0.2, -0.15) is 0 Å². The van der Waals surface area contributed by atoms with E-state index in [2.05, 4.69) is 9.88 Å². The van der Waals surface area contributed by atoms with E-state index < -0.39 is 11.6 Å². The minimum Gasteiger partial charge on any atom is -0.379 e. The van der Waals surface area contributed by atoms with Crippen molar-refractivity contribution in [1.29, 1.82) is 0 Å². The van der Waals surface area contributed by atoms with Gasteiger partial charge < -0.3 is 4.74 Å². The largest absolute Gasteiger partial charge is 0.379 e. The van der Waals surface area contributed by atoms with Gasteiger partial charge in [0.25, 0.3) is 5.91 Å². The molecule has 9 heteroatoms. The summed E-state index contributed by atoms with van der Waals surface area (Å²) >= 11 is 2.63. The molecule has 0 radical (unpaired) electrons. The predicted octanol–water partition coefficient (Wildman–Crippen LogP) is 4.67. The standard InChI is InChI=1S/C22H23F2N3O2S2/c1-30-18-6-3-2-5-16(18)21(28)27(8-4-7-26-9-11-29-12-10-26)22-25-20-17(24)13-15(23)14-19(20)31-22/h2-3,5-6,13-14H,4,7-12H2,1H3. The molecule has 1 aromatic heterocycles. The van der Waals surface area contributed by atoms with Crippen molar-refractivity contribution in [1.82, 2.24) is 9.88 Å². The third kappa shape index (κ3) is 5.06. The summed E-state index contributed by atoms with van der Waals surface area (Å²) in [6.45, 7) is 4.43. The summed E-state index contributed by atoms with van der Waals surface area (Å²) in [7, 11) is 0. The quantitative estimate of drug-likeness (QED) is 0.477. The fraction of sp³-hybridized carbons (Fsp3) is 0.364. The maximum absolute atomic E-state index is 14.2. The zero-order chi connectivity index (χ0) is 21.8. The molecule has 1 fully saturated rings. The zero-order valence-corrected chi connectivity index (χ0v) is 18.8. The first kappa shape index (κ1) is 22.1. The Morgan fingerprint density at radius 3 is 2.81 bits per heavy atom. The number of morpholine rings is 1. The first-order valence-corrected chi connectivity index (χ1v) is 12.1. The second-order valence-electron chi connectivity index (χ2n) is 7.20. The van der Waals surface area contributed by atoms with Crippen molar-refractivity contribution in [3.63, 3.8) is 0 Å². The number of carbonyl (C=O) groups excluding carboxylic acids is 1. The van der Waals surface area contributed by atoms with Gasteiger partial charge in [0.1, 0.15) is 11.3 Å². The van der Waals surface area contributed by atoms with Gasteiger partial charge in [-0.25, -0.2) is 13.8 Å². The SMILES string of the molecule is CSc1ccccc1C(=O)N(CCCN1CCOCC1)c1nc2c(F)cc(F)cc2s1. The predicted molar refractivity (Wildman–Crippen MR) is 121 cm³/mol. The van der Waals surface area contributed by atoms with Crippen LogP contribution in [0.4, 0.5) is 13.9 Å². The van der Waals surface area contributed by atoms with Gasteiger partial charge >= 0.3 is 0 Å². The average molecular weight is 464 g/mol. The van der Waals surface area contributed by atoms with E-state index in [1.165, 1.54) is 17.8 Å². The van der Waals surface area contributed by atoms with Gasteiger partial charge in [0.2, 0.25) is 0 Å². The Bertz CT molecular complexity index is 1070. The molecule has 3 aromatic rings. The van der Waals surface area contributed by atoms with Gasteiger partial charge in [-0.15, -0.1) is 11.8 Å². The van der Waals surface area contributed by atoms with Crippen molar-refractivity contribution in [3.8, 4) is 0 Å². The number of thioether (sulfide) groups is 1. The van der Waals surface area contributed by atoms with Crippen LogP contribution in [0.25, 0.3) is 10.2 Å². The Hall–Kier alpha value is -2.07. The van der Waals surface area contributed by atoms with Crippen molar-refractivity contribution in [2.24, 2.45) is 0 Å². The number of aromatic nitrogens is 1. The van der Waals surface area contributed by atoms with Crippen LogP contribution in [0, 0.1) is 11.6 Å². The number of benzene rings is 2. The number of rotatable bonds is 7. The smallest absolute Gasteiger partial charge is 0.261 e. The number of fused-ring (bicyclic) bond motifs is 1. The summed E-state index contributed by atoms with van der Waals surface area (Å²) < 4.78 is 33.7. The van der Waals surface area contributed by atoms with Gasteiger partial charge in [0.05, 0.1) is 23.5 Å². The third-order valence-electron chi connectivity index (χ3n) is 5.18. The highest BCUT2D eigenvalue weighted by atomic mass is 32.2. The lowest BCUT2D eigenvalue weighted by Crippen LogP contribution is -2.39. The van der Waals surface area contributed by atoms with Crippen LogP contribution < -0.4 is 4.90 Å². The molecular formula is C22H23F2N3O2S2. The summed E-state index contributed by atoms with van der Waals surface area (Å²) in [5.74, 6) is -1.56. The highest BCUT2D eigenvalue weighted by Gasteiger charge is 2.24. The number of hydrogen-bond acceptors (Lipinski definition) is 6. The van der Waals surface area contributed by atoms with Crippen LogP contribution in [-0.2, 0) is 4.74 Å². The van der Waals surface area contributed by atoms with Crippen molar-refractivity contribution in [2.75, 3.05) is 50.5 Å². The van der Waals surface area contributed by atoms with Gasteiger partial charge in [-0.05, 0) is 30.9 Å². The molecule has 31 heavy (non-hydrogen) atoms. The van der Waals surface area contributed by atoms with Crippen molar-refractivity contribution in [2.45, 2.75) is 11.3 Å². The Morgan fingerprint density at radius 1 is 1.26 bits per heavy atom. The second kappa shape index (κ2) is 10.0. The van der Waals surface area contributed by atoms with Gasteiger partial charge in [-0.1, -0.05) is 23.5 Å². The second-order valence-corrected chi connectivity index (χ2v) is 9.05. The normalized spacial score (nSPS) is 14.8. The first-order chi connectivity index (χ1) is 15.1. The molecule has 0 spiro atoms. The molecule has 5 nitrogen and oxygen atoms in total. The summed E-state index contributed by atoms with van der Waals surface area (Å²) in [4.78, 5) is 22.6. The summed E-state index contributed by atoms with van der Waals surface area (Å²) in [6.07, 6.45) is 2.66. The third-order valence-corrected chi connectivity index (χ3v) is 7.00. The lowest BCUT2D eigenvalue weighted by Gasteiger charge is -2.28. The first-order valence-electron chi connectivity index (χ1n) is 10.1. The summed E-state index contributed by atoms with van der Waals surface area (Å²) in [6, 6.07) is 9.48. The number of thiazole rings is 1. The van der Waals surface area contributed by atoms with Crippen LogP contribution in [0.3, 0.4) is 0 Å². The topological polar surface area (TPSA) is 45.7 Å². The molecule has 4 rings (SSSR count). The van der Waals surface area contributed by atoms with E-state index in [1.54, 1.807) is 11.0 Å². The Labute approximate surface area is 188 Å². The zero-order valence-electron chi connectivity index (χ0n) is 17.1. The van der Waals surface area contributed by atoms with E-state index in [0.29, 0.717) is 35.2 Å². The molecule has 0 saturated carbocycles. The Kier molecular flexibility index (Phi) is 7.16. The van der Waals surface area contributed by atoms with Crippen LogP contribution >= 0.6 is 23.1 Å². The molecule has 0 N–H and O–H groups in total. The molecular weight excluding hydrogens is 440 g/mol. The fourth-order valence-corrected chi connectivity index (χ4v) is 5.21. The van der Waals surface area contributed by atoms with Gasteiger partial charge in [0.15, 0.2) is 10.9 Å². The molecule has 2 heterocycles. The molecule has 0 aliphatic carbocycles. The monoisotopic (exact) mass is 463 g/mol. The highest BCUT2D eigenvalue weighted by molar-refractivity contribution is 7.98.